The Morgan fingerprint density at radius 3 is 2.69 bits per heavy atom. The minimum atomic E-state index is -0.492. The molecule has 26 heavy (non-hydrogen) atoms. The summed E-state index contributed by atoms with van der Waals surface area (Å²) in [5.41, 5.74) is 2.26. The summed E-state index contributed by atoms with van der Waals surface area (Å²) < 4.78 is 22.3. The van der Waals surface area contributed by atoms with Gasteiger partial charge in [-0.3, -0.25) is 4.79 Å². The molecule has 1 atom stereocenters. The SMILES string of the molecule is COc1ccc(CCN2C(=O)CC3CC4(CC=C32)OCCO4)cc1OC. The molecule has 2 heterocycles. The molecule has 1 unspecified atom stereocenters. The van der Waals surface area contributed by atoms with Crippen LogP contribution in [0.2, 0.25) is 0 Å². The van der Waals surface area contributed by atoms with Gasteiger partial charge in [-0.2, -0.15) is 0 Å². The summed E-state index contributed by atoms with van der Waals surface area (Å²) in [6.45, 7) is 1.96. The highest BCUT2D eigenvalue weighted by Crippen LogP contribution is 2.44. The van der Waals surface area contributed by atoms with Crippen LogP contribution in [0.3, 0.4) is 0 Å². The van der Waals surface area contributed by atoms with E-state index in [-0.39, 0.29) is 11.8 Å². The van der Waals surface area contributed by atoms with E-state index in [1.165, 1.54) is 0 Å². The van der Waals surface area contributed by atoms with E-state index in [4.69, 9.17) is 18.9 Å². The molecule has 1 spiro atoms. The first-order valence-corrected chi connectivity index (χ1v) is 9.13. The Morgan fingerprint density at radius 1 is 1.19 bits per heavy atom. The molecule has 3 aliphatic rings. The topological polar surface area (TPSA) is 57.2 Å². The van der Waals surface area contributed by atoms with Gasteiger partial charge in [0.1, 0.15) is 0 Å². The summed E-state index contributed by atoms with van der Waals surface area (Å²) in [6.07, 6.45) is 4.95. The molecule has 0 saturated carbocycles. The lowest BCUT2D eigenvalue weighted by Crippen LogP contribution is -2.36. The quantitative estimate of drug-likeness (QED) is 0.809. The van der Waals surface area contributed by atoms with Crippen molar-refractivity contribution in [3.63, 3.8) is 0 Å². The van der Waals surface area contributed by atoms with Gasteiger partial charge in [-0.05, 0) is 24.1 Å². The average molecular weight is 359 g/mol. The highest BCUT2D eigenvalue weighted by Gasteiger charge is 2.47. The van der Waals surface area contributed by atoms with Crippen LogP contribution >= 0.6 is 0 Å². The third-order valence-corrected chi connectivity index (χ3v) is 5.52. The zero-order valence-electron chi connectivity index (χ0n) is 15.3. The first-order chi connectivity index (χ1) is 12.6. The molecule has 1 aliphatic carbocycles. The fraction of sp³-hybridized carbons (Fsp3) is 0.550. The number of carbonyl (C=O) groups excluding carboxylic acids is 1. The molecule has 2 fully saturated rings. The molecule has 0 aromatic heterocycles. The van der Waals surface area contributed by atoms with E-state index in [0.29, 0.717) is 37.7 Å². The van der Waals surface area contributed by atoms with Crippen LogP contribution in [0.5, 0.6) is 11.5 Å². The van der Waals surface area contributed by atoms with Gasteiger partial charge in [-0.25, -0.2) is 0 Å². The number of benzene rings is 1. The van der Waals surface area contributed by atoms with E-state index in [0.717, 1.165) is 30.5 Å². The van der Waals surface area contributed by atoms with Crippen molar-refractivity contribution in [1.29, 1.82) is 0 Å². The number of hydrogen-bond acceptors (Lipinski definition) is 5. The Morgan fingerprint density at radius 2 is 1.96 bits per heavy atom. The molecule has 4 rings (SSSR count). The van der Waals surface area contributed by atoms with Crippen LogP contribution in [0.1, 0.15) is 24.8 Å². The van der Waals surface area contributed by atoms with Crippen molar-refractivity contribution < 1.29 is 23.7 Å². The largest absolute Gasteiger partial charge is 0.493 e. The van der Waals surface area contributed by atoms with E-state index in [1.807, 2.05) is 23.1 Å². The molecule has 1 aromatic rings. The van der Waals surface area contributed by atoms with Crippen molar-refractivity contribution in [3.05, 3.63) is 35.5 Å². The van der Waals surface area contributed by atoms with Crippen molar-refractivity contribution in [2.45, 2.75) is 31.5 Å². The maximum atomic E-state index is 12.5. The molecule has 6 heteroatoms. The zero-order valence-corrected chi connectivity index (χ0v) is 15.3. The summed E-state index contributed by atoms with van der Waals surface area (Å²) >= 11 is 0. The average Bonchev–Trinajstić information content (AvgIpc) is 3.23. The van der Waals surface area contributed by atoms with Gasteiger partial charge >= 0.3 is 0 Å². The second kappa shape index (κ2) is 6.93. The molecule has 0 bridgehead atoms. The lowest BCUT2D eigenvalue weighted by atomic mass is 9.87. The molecular weight excluding hydrogens is 334 g/mol. The predicted molar refractivity (Wildman–Crippen MR) is 95.0 cm³/mol. The molecule has 0 N–H and O–H groups in total. The molecule has 1 aromatic carbocycles. The van der Waals surface area contributed by atoms with Crippen molar-refractivity contribution in [1.82, 2.24) is 4.90 Å². The number of nitrogens with zero attached hydrogens (tertiary/aromatic N) is 1. The van der Waals surface area contributed by atoms with Crippen LogP contribution in [-0.2, 0) is 20.7 Å². The van der Waals surface area contributed by atoms with Gasteiger partial charge in [0.2, 0.25) is 5.91 Å². The van der Waals surface area contributed by atoms with Crippen LogP contribution in [-0.4, -0.2) is 50.6 Å². The normalized spacial score (nSPS) is 23.9. The number of allylic oxidation sites excluding steroid dienone is 1. The Labute approximate surface area is 153 Å². The number of rotatable bonds is 5. The molecule has 2 saturated heterocycles. The highest BCUT2D eigenvalue weighted by atomic mass is 16.7. The number of carbonyl (C=O) groups is 1. The Hall–Kier alpha value is -2.05. The smallest absolute Gasteiger partial charge is 0.227 e. The van der Waals surface area contributed by atoms with Gasteiger partial charge in [-0.15, -0.1) is 0 Å². The molecule has 6 nitrogen and oxygen atoms in total. The van der Waals surface area contributed by atoms with E-state index in [1.54, 1.807) is 14.2 Å². The van der Waals surface area contributed by atoms with Gasteiger partial charge in [0, 0.05) is 37.4 Å². The summed E-state index contributed by atoms with van der Waals surface area (Å²) in [7, 11) is 3.26. The fourth-order valence-corrected chi connectivity index (χ4v) is 4.23. The Bertz CT molecular complexity index is 723. The number of hydrogen-bond donors (Lipinski definition) is 0. The van der Waals surface area contributed by atoms with E-state index in [2.05, 4.69) is 6.08 Å². The van der Waals surface area contributed by atoms with Crippen molar-refractivity contribution in [2.75, 3.05) is 34.0 Å². The molecule has 140 valence electrons. The van der Waals surface area contributed by atoms with Gasteiger partial charge < -0.3 is 23.8 Å². The maximum Gasteiger partial charge on any atom is 0.227 e. The summed E-state index contributed by atoms with van der Waals surface area (Å²) in [5, 5.41) is 0. The third-order valence-electron chi connectivity index (χ3n) is 5.52. The minimum Gasteiger partial charge on any atom is -0.493 e. The summed E-state index contributed by atoms with van der Waals surface area (Å²) in [5.74, 6) is 1.33. The van der Waals surface area contributed by atoms with E-state index in [9.17, 15) is 4.79 Å². The van der Waals surface area contributed by atoms with Gasteiger partial charge in [0.05, 0.1) is 27.4 Å². The second-order valence-corrected chi connectivity index (χ2v) is 7.03. The molecule has 1 amide bonds. The fourth-order valence-electron chi connectivity index (χ4n) is 4.23. The van der Waals surface area contributed by atoms with Gasteiger partial charge in [0.15, 0.2) is 17.3 Å². The number of methoxy groups -OCH3 is 2. The monoisotopic (exact) mass is 359 g/mol. The predicted octanol–water partition coefficient (Wildman–Crippen LogP) is 2.52. The van der Waals surface area contributed by atoms with E-state index < -0.39 is 5.79 Å². The van der Waals surface area contributed by atoms with Crippen LogP contribution in [0.4, 0.5) is 0 Å². The number of likely N-dealkylation sites (tertiary alicyclic amines) is 1. The first kappa shape index (κ1) is 17.4. The first-order valence-electron chi connectivity index (χ1n) is 9.13. The Kier molecular flexibility index (Phi) is 4.63. The van der Waals surface area contributed by atoms with Crippen molar-refractivity contribution in [2.24, 2.45) is 5.92 Å². The van der Waals surface area contributed by atoms with Crippen molar-refractivity contribution in [3.8, 4) is 11.5 Å². The van der Waals surface area contributed by atoms with Gasteiger partial charge in [0.25, 0.3) is 0 Å². The standard InChI is InChI=1S/C20H25NO5/c1-23-17-4-3-14(11-18(17)24-2)6-8-21-16-5-7-20(25-9-10-26-20)13-15(16)12-19(21)22/h3-5,11,15H,6-10,12-13H2,1-2H3. The van der Waals surface area contributed by atoms with Crippen molar-refractivity contribution >= 4 is 5.91 Å². The number of ether oxygens (including phenoxy) is 4. The molecule has 0 radical (unpaired) electrons. The molecular formula is C20H25NO5. The van der Waals surface area contributed by atoms with Crippen LogP contribution in [0, 0.1) is 5.92 Å². The Balaban J connectivity index is 1.45. The number of fused-ring (bicyclic) bond motifs is 1. The highest BCUT2D eigenvalue weighted by molar-refractivity contribution is 5.82. The van der Waals surface area contributed by atoms with E-state index >= 15 is 0 Å². The summed E-state index contributed by atoms with van der Waals surface area (Å²) in [6, 6.07) is 5.90. The lowest BCUT2D eigenvalue weighted by Gasteiger charge is -2.34. The maximum absolute atomic E-state index is 12.5. The van der Waals surface area contributed by atoms with Crippen LogP contribution in [0.25, 0.3) is 0 Å². The van der Waals surface area contributed by atoms with Crippen LogP contribution < -0.4 is 9.47 Å². The number of amides is 1. The lowest BCUT2D eigenvalue weighted by molar-refractivity contribution is -0.168. The third kappa shape index (κ3) is 3.08. The summed E-state index contributed by atoms with van der Waals surface area (Å²) in [4.78, 5) is 14.5. The second-order valence-electron chi connectivity index (χ2n) is 7.03. The van der Waals surface area contributed by atoms with Crippen LogP contribution in [0.15, 0.2) is 30.0 Å². The molecule has 2 aliphatic heterocycles. The minimum absolute atomic E-state index is 0.191. The van der Waals surface area contributed by atoms with Gasteiger partial charge in [-0.1, -0.05) is 12.1 Å². The zero-order chi connectivity index (χ0) is 18.1.